The van der Waals surface area contributed by atoms with E-state index >= 15 is 0 Å². The average Bonchev–Trinajstić information content (AvgIpc) is 3.04. The number of morpholine rings is 1. The van der Waals surface area contributed by atoms with Gasteiger partial charge in [0.15, 0.2) is 0 Å². The molecule has 0 spiro atoms. The summed E-state index contributed by atoms with van der Waals surface area (Å²) in [5.41, 5.74) is 1.01. The zero-order chi connectivity index (χ0) is 14.8. The van der Waals surface area contributed by atoms with Gasteiger partial charge in [-0.05, 0) is 24.6 Å². The van der Waals surface area contributed by atoms with Gasteiger partial charge in [0.1, 0.15) is 16.9 Å². The molecule has 0 amide bonds. The zero-order valence-electron chi connectivity index (χ0n) is 11.6. The van der Waals surface area contributed by atoms with Gasteiger partial charge in [0.25, 0.3) is 0 Å². The van der Waals surface area contributed by atoms with E-state index in [1.807, 2.05) is 5.38 Å². The third-order valence-electron chi connectivity index (χ3n) is 3.80. The highest BCUT2D eigenvalue weighted by Gasteiger charge is 2.27. The lowest BCUT2D eigenvalue weighted by molar-refractivity contribution is -0.0432. The monoisotopic (exact) mass is 326 g/mol. The third-order valence-corrected chi connectivity index (χ3v) is 4.96. The number of benzene rings is 1. The van der Waals surface area contributed by atoms with E-state index in [4.69, 9.17) is 16.3 Å². The fourth-order valence-electron chi connectivity index (χ4n) is 2.55. The van der Waals surface area contributed by atoms with E-state index in [0.717, 1.165) is 23.7 Å². The van der Waals surface area contributed by atoms with Crippen LogP contribution in [0.25, 0.3) is 0 Å². The number of nitrogens with zero attached hydrogens (tertiary/aromatic N) is 2. The summed E-state index contributed by atoms with van der Waals surface area (Å²) in [6.45, 7) is 4.40. The predicted octanol–water partition coefficient (Wildman–Crippen LogP) is 4.07. The summed E-state index contributed by atoms with van der Waals surface area (Å²) < 4.78 is 19.1. The lowest BCUT2D eigenvalue weighted by atomic mass is 10.1. The minimum absolute atomic E-state index is 0.0112. The molecule has 0 radical (unpaired) electrons. The lowest BCUT2D eigenvalue weighted by Crippen LogP contribution is -2.39. The van der Waals surface area contributed by atoms with Crippen molar-refractivity contribution >= 4 is 22.9 Å². The van der Waals surface area contributed by atoms with Crippen LogP contribution in [0.3, 0.4) is 0 Å². The highest BCUT2D eigenvalue weighted by Crippen LogP contribution is 2.30. The quantitative estimate of drug-likeness (QED) is 0.850. The number of aromatic nitrogens is 1. The van der Waals surface area contributed by atoms with E-state index in [1.165, 1.54) is 6.07 Å². The Morgan fingerprint density at radius 1 is 1.52 bits per heavy atom. The molecule has 1 aliphatic rings. The largest absolute Gasteiger partial charge is 0.368 e. The number of thiazole rings is 1. The molecule has 6 heteroatoms. The van der Waals surface area contributed by atoms with Crippen molar-refractivity contribution in [2.75, 3.05) is 19.7 Å². The van der Waals surface area contributed by atoms with Crippen LogP contribution in [-0.4, -0.2) is 29.6 Å². The maximum absolute atomic E-state index is 13.3. The van der Waals surface area contributed by atoms with Gasteiger partial charge in [-0.15, -0.1) is 11.3 Å². The van der Waals surface area contributed by atoms with Crippen LogP contribution in [0.5, 0.6) is 0 Å². The van der Waals surface area contributed by atoms with Gasteiger partial charge in [-0.2, -0.15) is 0 Å². The van der Waals surface area contributed by atoms with Gasteiger partial charge in [-0.1, -0.05) is 17.7 Å². The molecule has 1 fully saturated rings. The molecule has 2 aromatic rings. The Hall–Kier alpha value is -1.01. The predicted molar refractivity (Wildman–Crippen MR) is 82.2 cm³/mol. The molecule has 2 heterocycles. The molecule has 0 N–H and O–H groups in total. The molecule has 0 aliphatic carbocycles. The molecule has 3 rings (SSSR count). The van der Waals surface area contributed by atoms with E-state index in [1.54, 1.807) is 29.7 Å². The summed E-state index contributed by atoms with van der Waals surface area (Å²) in [6, 6.07) is 5.08. The highest BCUT2D eigenvalue weighted by molar-refractivity contribution is 7.09. The number of halogens is 2. The Kier molecular flexibility index (Phi) is 4.54. The first kappa shape index (κ1) is 14.9. The maximum Gasteiger partial charge on any atom is 0.141 e. The molecule has 1 aromatic heterocycles. The molecule has 21 heavy (non-hydrogen) atoms. The smallest absolute Gasteiger partial charge is 0.141 e. The molecule has 1 saturated heterocycles. The zero-order valence-corrected chi connectivity index (χ0v) is 13.2. The minimum Gasteiger partial charge on any atom is -0.368 e. The molecule has 0 saturated carbocycles. The van der Waals surface area contributed by atoms with Gasteiger partial charge >= 0.3 is 0 Å². The fraction of sp³-hybridized carbons (Fsp3) is 0.400. The molecule has 3 nitrogen and oxygen atoms in total. The van der Waals surface area contributed by atoms with Crippen LogP contribution in [0, 0.1) is 5.82 Å². The molecular weight excluding hydrogens is 311 g/mol. The van der Waals surface area contributed by atoms with Crippen molar-refractivity contribution < 1.29 is 9.13 Å². The Labute approximate surface area is 132 Å². The first-order valence-corrected chi connectivity index (χ1v) is 8.11. The second-order valence-corrected chi connectivity index (χ2v) is 6.41. The van der Waals surface area contributed by atoms with Crippen LogP contribution >= 0.6 is 22.9 Å². The van der Waals surface area contributed by atoms with Crippen LogP contribution in [0.15, 0.2) is 29.8 Å². The Morgan fingerprint density at radius 2 is 2.38 bits per heavy atom. The van der Waals surface area contributed by atoms with Gasteiger partial charge < -0.3 is 4.74 Å². The molecule has 1 aromatic carbocycles. The topological polar surface area (TPSA) is 25.4 Å². The van der Waals surface area contributed by atoms with Crippen molar-refractivity contribution in [3.63, 3.8) is 0 Å². The van der Waals surface area contributed by atoms with Crippen molar-refractivity contribution in [2.24, 2.45) is 0 Å². The summed E-state index contributed by atoms with van der Waals surface area (Å²) in [7, 11) is 0. The Bertz CT molecular complexity index is 608. The second kappa shape index (κ2) is 6.40. The molecule has 0 unspecified atom stereocenters. The number of hydrogen-bond acceptors (Lipinski definition) is 4. The first-order chi connectivity index (χ1) is 10.1. The normalized spacial score (nSPS) is 21.4. The van der Waals surface area contributed by atoms with Gasteiger partial charge in [-0.3, -0.25) is 4.90 Å². The van der Waals surface area contributed by atoms with Crippen LogP contribution in [-0.2, 0) is 4.74 Å². The van der Waals surface area contributed by atoms with Crippen LogP contribution in [0.1, 0.15) is 29.6 Å². The highest BCUT2D eigenvalue weighted by atomic mass is 35.5. The standard InChI is InChI=1S/C15H16ClFN2OS/c1-10(11-2-3-13(17)12(16)8-11)19-5-6-20-14(9-19)15-18-4-7-21-15/h2-4,7-8,10,14H,5-6,9H2,1H3/t10-,14+/m0/s1. The number of hydrogen-bond donors (Lipinski definition) is 0. The van der Waals surface area contributed by atoms with Crippen molar-refractivity contribution in [3.8, 4) is 0 Å². The van der Waals surface area contributed by atoms with Crippen LogP contribution < -0.4 is 0 Å². The Morgan fingerprint density at radius 3 is 3.10 bits per heavy atom. The number of rotatable bonds is 3. The maximum atomic E-state index is 13.3. The first-order valence-electron chi connectivity index (χ1n) is 6.85. The Balaban J connectivity index is 1.74. The third kappa shape index (κ3) is 3.26. The van der Waals surface area contributed by atoms with Gasteiger partial charge in [-0.25, -0.2) is 9.37 Å². The van der Waals surface area contributed by atoms with Crippen molar-refractivity contribution in [3.05, 3.63) is 51.2 Å². The summed E-state index contributed by atoms with van der Waals surface area (Å²) in [6.07, 6.45) is 1.81. The summed E-state index contributed by atoms with van der Waals surface area (Å²) in [4.78, 5) is 6.65. The van der Waals surface area contributed by atoms with E-state index in [9.17, 15) is 4.39 Å². The summed E-state index contributed by atoms with van der Waals surface area (Å²) in [5.74, 6) is -0.379. The fourth-order valence-corrected chi connectivity index (χ4v) is 3.41. The summed E-state index contributed by atoms with van der Waals surface area (Å²) >= 11 is 7.49. The van der Waals surface area contributed by atoms with E-state index < -0.39 is 0 Å². The molecule has 1 aliphatic heterocycles. The van der Waals surface area contributed by atoms with Gasteiger partial charge in [0.2, 0.25) is 0 Å². The van der Waals surface area contributed by atoms with Gasteiger partial charge in [0.05, 0.1) is 11.6 Å². The van der Waals surface area contributed by atoms with Crippen molar-refractivity contribution in [2.45, 2.75) is 19.1 Å². The SMILES string of the molecule is C[C@@H](c1ccc(F)c(Cl)c1)N1CCO[C@@H](c2nccs2)C1. The summed E-state index contributed by atoms with van der Waals surface area (Å²) in [5, 5.41) is 3.13. The van der Waals surface area contributed by atoms with Gasteiger partial charge in [0, 0.05) is 30.7 Å². The van der Waals surface area contributed by atoms with Crippen molar-refractivity contribution in [1.29, 1.82) is 0 Å². The molecule has 2 atom stereocenters. The molecule has 0 bridgehead atoms. The minimum atomic E-state index is -0.379. The lowest BCUT2D eigenvalue weighted by Gasteiger charge is -2.36. The van der Waals surface area contributed by atoms with Crippen molar-refractivity contribution in [1.82, 2.24) is 9.88 Å². The number of ether oxygens (including phenoxy) is 1. The van der Waals surface area contributed by atoms with E-state index in [-0.39, 0.29) is 23.0 Å². The molecule has 112 valence electrons. The second-order valence-electron chi connectivity index (χ2n) is 5.07. The van der Waals surface area contributed by atoms with Crippen LogP contribution in [0.2, 0.25) is 5.02 Å². The van der Waals surface area contributed by atoms with E-state index in [0.29, 0.717) is 6.61 Å². The van der Waals surface area contributed by atoms with Crippen LogP contribution in [0.4, 0.5) is 4.39 Å². The average molecular weight is 327 g/mol. The van der Waals surface area contributed by atoms with E-state index in [2.05, 4.69) is 16.8 Å². The molecular formula is C15H16ClFN2OS.